The summed E-state index contributed by atoms with van der Waals surface area (Å²) in [5.74, 6) is 1.51. The summed E-state index contributed by atoms with van der Waals surface area (Å²) in [4.78, 5) is 25.6. The minimum Gasteiger partial charge on any atom is -0.342 e. The van der Waals surface area contributed by atoms with Gasteiger partial charge in [0.2, 0.25) is 5.91 Å². The summed E-state index contributed by atoms with van der Waals surface area (Å²) in [6.45, 7) is 2.27. The SMILES string of the molecule is O=NC12CC3CC(C1)CC(NCC(=O)N1CCCC1)(C3)C2. The van der Waals surface area contributed by atoms with Crippen molar-refractivity contribution in [1.82, 2.24) is 10.2 Å². The van der Waals surface area contributed by atoms with Gasteiger partial charge in [-0.05, 0) is 63.2 Å². The van der Waals surface area contributed by atoms with E-state index in [0.717, 1.165) is 58.0 Å². The minimum atomic E-state index is -0.326. The molecule has 1 saturated heterocycles. The predicted octanol–water partition coefficient (Wildman–Crippen LogP) is 2.06. The number of likely N-dealkylation sites (tertiary alicyclic amines) is 1. The summed E-state index contributed by atoms with van der Waals surface area (Å²) >= 11 is 0. The third-order valence-corrected chi connectivity index (χ3v) is 6.30. The van der Waals surface area contributed by atoms with Crippen molar-refractivity contribution in [2.45, 2.75) is 62.4 Å². The maximum absolute atomic E-state index is 12.3. The van der Waals surface area contributed by atoms with E-state index in [-0.39, 0.29) is 17.0 Å². The maximum Gasteiger partial charge on any atom is 0.236 e. The van der Waals surface area contributed by atoms with Gasteiger partial charge in [-0.1, -0.05) is 5.18 Å². The van der Waals surface area contributed by atoms with Crippen molar-refractivity contribution in [2.75, 3.05) is 19.6 Å². The van der Waals surface area contributed by atoms with Crippen LogP contribution in [0.25, 0.3) is 0 Å². The first-order valence-corrected chi connectivity index (χ1v) is 8.49. The van der Waals surface area contributed by atoms with Gasteiger partial charge in [-0.25, -0.2) is 0 Å². The minimum absolute atomic E-state index is 0.00732. The van der Waals surface area contributed by atoms with E-state index < -0.39 is 0 Å². The lowest BCUT2D eigenvalue weighted by atomic mass is 9.50. The quantitative estimate of drug-likeness (QED) is 0.806. The van der Waals surface area contributed by atoms with E-state index in [1.165, 1.54) is 6.42 Å². The van der Waals surface area contributed by atoms with Gasteiger partial charge in [0, 0.05) is 18.6 Å². The molecule has 21 heavy (non-hydrogen) atoms. The molecule has 5 fully saturated rings. The molecule has 1 N–H and O–H groups in total. The van der Waals surface area contributed by atoms with E-state index in [1.54, 1.807) is 0 Å². The highest BCUT2D eigenvalue weighted by molar-refractivity contribution is 5.78. The van der Waals surface area contributed by atoms with E-state index in [9.17, 15) is 9.70 Å². The first-order valence-electron chi connectivity index (χ1n) is 8.49. The lowest BCUT2D eigenvalue weighted by Gasteiger charge is -2.59. The third kappa shape index (κ3) is 2.30. The highest BCUT2D eigenvalue weighted by Crippen LogP contribution is 2.58. The van der Waals surface area contributed by atoms with Gasteiger partial charge in [0.1, 0.15) is 5.54 Å². The zero-order valence-electron chi connectivity index (χ0n) is 12.6. The van der Waals surface area contributed by atoms with Gasteiger partial charge in [-0.3, -0.25) is 4.79 Å². The molecular weight excluding hydrogens is 266 g/mol. The van der Waals surface area contributed by atoms with Crippen molar-refractivity contribution >= 4 is 5.91 Å². The van der Waals surface area contributed by atoms with Crippen LogP contribution in [0.4, 0.5) is 0 Å². The highest BCUT2D eigenvalue weighted by Gasteiger charge is 2.58. The number of nitroso groups, excluding NO2 is 1. The largest absolute Gasteiger partial charge is 0.342 e. The van der Waals surface area contributed by atoms with E-state index in [0.29, 0.717) is 18.4 Å². The predicted molar refractivity (Wildman–Crippen MR) is 79.8 cm³/mol. The zero-order valence-corrected chi connectivity index (χ0v) is 12.6. The molecular formula is C16H25N3O2. The van der Waals surface area contributed by atoms with Gasteiger partial charge >= 0.3 is 0 Å². The van der Waals surface area contributed by atoms with Crippen LogP contribution in [0.1, 0.15) is 51.4 Å². The molecule has 0 aromatic carbocycles. The van der Waals surface area contributed by atoms with E-state index in [1.807, 2.05) is 4.90 Å². The lowest BCUT2D eigenvalue weighted by Crippen LogP contribution is -2.64. The first kappa shape index (κ1) is 13.7. The summed E-state index contributed by atoms with van der Waals surface area (Å²) in [6.07, 6.45) is 8.62. The monoisotopic (exact) mass is 291 g/mol. The Bertz CT molecular complexity index is 444. The van der Waals surface area contributed by atoms with Gasteiger partial charge in [0.05, 0.1) is 6.54 Å². The molecule has 5 aliphatic rings. The number of hydrogen-bond donors (Lipinski definition) is 1. The molecule has 2 atom stereocenters. The average Bonchev–Trinajstić information content (AvgIpc) is 2.98. The Hall–Kier alpha value is -0.970. The molecule has 0 aromatic rings. The fourth-order valence-corrected chi connectivity index (χ4v) is 5.87. The molecule has 0 aromatic heterocycles. The lowest BCUT2D eigenvalue weighted by molar-refractivity contribution is -0.130. The maximum atomic E-state index is 12.3. The number of hydrogen-bond acceptors (Lipinski definition) is 4. The molecule has 5 nitrogen and oxygen atoms in total. The first-order chi connectivity index (χ1) is 10.1. The normalized spacial score (nSPS) is 44.3. The second kappa shape index (κ2) is 4.77. The third-order valence-electron chi connectivity index (χ3n) is 6.30. The van der Waals surface area contributed by atoms with Crippen molar-refractivity contribution in [1.29, 1.82) is 0 Å². The number of carbonyl (C=O) groups excluding carboxylic acids is 1. The second-order valence-corrected chi connectivity index (χ2v) is 8.00. The molecule has 2 unspecified atom stereocenters. The van der Waals surface area contributed by atoms with E-state index in [2.05, 4.69) is 10.5 Å². The van der Waals surface area contributed by atoms with Gasteiger partial charge in [0.25, 0.3) is 0 Å². The van der Waals surface area contributed by atoms with Crippen LogP contribution in [-0.4, -0.2) is 41.5 Å². The molecule has 4 saturated carbocycles. The molecule has 1 amide bonds. The zero-order chi connectivity index (χ0) is 14.5. The van der Waals surface area contributed by atoms with Gasteiger partial charge in [-0.2, -0.15) is 4.91 Å². The standard InChI is InChI=1S/C16H25N3O2/c20-14(19-3-1-2-4-19)10-17-15-6-12-5-13(7-15)9-16(8-12,11-15)18-21/h12-13,17H,1-11H2. The Morgan fingerprint density at radius 1 is 1.14 bits per heavy atom. The Labute approximate surface area is 125 Å². The van der Waals surface area contributed by atoms with Crippen LogP contribution in [0, 0.1) is 16.7 Å². The summed E-state index contributed by atoms with van der Waals surface area (Å²) in [7, 11) is 0. The summed E-state index contributed by atoms with van der Waals surface area (Å²) < 4.78 is 0. The Balaban J connectivity index is 1.44. The second-order valence-electron chi connectivity index (χ2n) is 8.00. The number of carbonyl (C=O) groups is 1. The van der Waals surface area contributed by atoms with Crippen LogP contribution in [0.2, 0.25) is 0 Å². The number of nitrogens with zero attached hydrogens (tertiary/aromatic N) is 2. The van der Waals surface area contributed by atoms with Gasteiger partial charge < -0.3 is 10.2 Å². The van der Waals surface area contributed by atoms with Gasteiger partial charge in [-0.15, -0.1) is 0 Å². The van der Waals surface area contributed by atoms with E-state index >= 15 is 0 Å². The Morgan fingerprint density at radius 2 is 1.81 bits per heavy atom. The number of rotatable bonds is 4. The average molecular weight is 291 g/mol. The molecule has 1 heterocycles. The van der Waals surface area contributed by atoms with Crippen LogP contribution in [0.15, 0.2) is 5.18 Å². The van der Waals surface area contributed by atoms with Crippen molar-refractivity contribution in [3.8, 4) is 0 Å². The fourth-order valence-electron chi connectivity index (χ4n) is 5.87. The number of nitrogens with one attached hydrogen (secondary N) is 1. The van der Waals surface area contributed by atoms with Crippen LogP contribution in [0.5, 0.6) is 0 Å². The molecule has 4 aliphatic carbocycles. The summed E-state index contributed by atoms with van der Waals surface area (Å²) in [5, 5.41) is 7.12. The van der Waals surface area contributed by atoms with Gasteiger partial charge in [0.15, 0.2) is 0 Å². The van der Waals surface area contributed by atoms with E-state index in [4.69, 9.17) is 0 Å². The van der Waals surface area contributed by atoms with Crippen molar-refractivity contribution in [3.63, 3.8) is 0 Å². The van der Waals surface area contributed by atoms with Crippen LogP contribution in [-0.2, 0) is 4.79 Å². The molecule has 116 valence electrons. The molecule has 1 aliphatic heterocycles. The molecule has 0 spiro atoms. The highest BCUT2D eigenvalue weighted by atomic mass is 16.3. The molecule has 5 heteroatoms. The van der Waals surface area contributed by atoms with Crippen molar-refractivity contribution in [3.05, 3.63) is 4.91 Å². The smallest absolute Gasteiger partial charge is 0.236 e. The Morgan fingerprint density at radius 3 is 2.43 bits per heavy atom. The molecule has 0 radical (unpaired) electrons. The summed E-state index contributed by atoms with van der Waals surface area (Å²) in [5.41, 5.74) is -0.318. The number of amides is 1. The van der Waals surface area contributed by atoms with Crippen molar-refractivity contribution < 1.29 is 4.79 Å². The molecule has 5 rings (SSSR count). The van der Waals surface area contributed by atoms with Crippen LogP contribution >= 0.6 is 0 Å². The summed E-state index contributed by atoms with van der Waals surface area (Å²) in [6, 6.07) is 0. The molecule has 4 bridgehead atoms. The Kier molecular flexibility index (Phi) is 3.10. The van der Waals surface area contributed by atoms with Crippen molar-refractivity contribution in [2.24, 2.45) is 17.0 Å². The topological polar surface area (TPSA) is 61.8 Å². The van der Waals surface area contributed by atoms with Crippen LogP contribution < -0.4 is 5.32 Å². The fraction of sp³-hybridized carbons (Fsp3) is 0.938. The van der Waals surface area contributed by atoms with Crippen LogP contribution in [0.3, 0.4) is 0 Å².